The van der Waals surface area contributed by atoms with Crippen molar-refractivity contribution in [2.75, 3.05) is 39.8 Å². The molecule has 0 radical (unpaired) electrons. The maximum Gasteiger partial charge on any atom is 0.322 e. The van der Waals surface area contributed by atoms with Crippen LogP contribution in [0.2, 0.25) is 0 Å². The van der Waals surface area contributed by atoms with Crippen LogP contribution in [0.5, 0.6) is 0 Å². The summed E-state index contributed by atoms with van der Waals surface area (Å²) in [7, 11) is 1.75. The largest absolute Gasteiger partial charge is 0.332 e. The second kappa shape index (κ2) is 7.59. The second-order valence-electron chi connectivity index (χ2n) is 8.40. The number of likely N-dealkylation sites (N-methyl/N-ethyl adjacent to an activating group) is 1. The Bertz CT molecular complexity index is 793. The molecule has 4 rings (SSSR count). The fraction of sp³-hybridized carbons (Fsp3) is 0.545. The van der Waals surface area contributed by atoms with Gasteiger partial charge in [-0.1, -0.05) is 38.1 Å². The number of nitrogens with one attached hydrogen (secondary N) is 1. The van der Waals surface area contributed by atoms with E-state index in [0.717, 1.165) is 36.5 Å². The van der Waals surface area contributed by atoms with Gasteiger partial charge in [-0.15, -0.1) is 0 Å². The maximum atomic E-state index is 13.2. The van der Waals surface area contributed by atoms with Crippen LogP contribution in [0.15, 0.2) is 35.5 Å². The van der Waals surface area contributed by atoms with Crippen molar-refractivity contribution in [1.29, 1.82) is 0 Å². The van der Waals surface area contributed by atoms with E-state index < -0.39 is 0 Å². The van der Waals surface area contributed by atoms with Gasteiger partial charge in [0.25, 0.3) is 5.91 Å². The predicted octanol–water partition coefficient (Wildman–Crippen LogP) is 2.70. The normalized spacial score (nSPS) is 23.1. The maximum absolute atomic E-state index is 13.2. The first-order valence-corrected chi connectivity index (χ1v) is 10.3. The van der Waals surface area contributed by atoms with Crippen molar-refractivity contribution in [3.63, 3.8) is 0 Å². The minimum absolute atomic E-state index is 0.0546. The average Bonchev–Trinajstić information content (AvgIpc) is 3.31. The summed E-state index contributed by atoms with van der Waals surface area (Å²) in [6, 6.07) is 7.74. The lowest BCUT2D eigenvalue weighted by atomic mass is 9.93. The molecule has 1 aromatic carbocycles. The van der Waals surface area contributed by atoms with Gasteiger partial charge in [0.1, 0.15) is 0 Å². The van der Waals surface area contributed by atoms with Gasteiger partial charge in [0.05, 0.1) is 23.9 Å². The SMILES string of the molecule is CC(C)c1ccc([C@H]2NC(=O)N(C)C3=C2C(=O)N(CCN2CCCC2)C3)cc1. The van der Waals surface area contributed by atoms with E-state index in [9.17, 15) is 9.59 Å². The van der Waals surface area contributed by atoms with Gasteiger partial charge in [-0.25, -0.2) is 4.79 Å². The number of urea groups is 1. The van der Waals surface area contributed by atoms with Crippen molar-refractivity contribution < 1.29 is 9.59 Å². The second-order valence-corrected chi connectivity index (χ2v) is 8.40. The lowest BCUT2D eigenvalue weighted by molar-refractivity contribution is -0.126. The minimum Gasteiger partial charge on any atom is -0.332 e. The van der Waals surface area contributed by atoms with Crippen molar-refractivity contribution >= 4 is 11.9 Å². The fourth-order valence-corrected chi connectivity index (χ4v) is 4.40. The van der Waals surface area contributed by atoms with E-state index in [1.54, 1.807) is 11.9 Å². The molecule has 1 aromatic rings. The molecule has 0 bridgehead atoms. The molecule has 0 spiro atoms. The number of hydrogen-bond donors (Lipinski definition) is 1. The molecule has 1 N–H and O–H groups in total. The first kappa shape index (κ1) is 19.0. The highest BCUT2D eigenvalue weighted by Gasteiger charge is 2.42. The molecular weight excluding hydrogens is 352 g/mol. The molecule has 3 aliphatic rings. The number of amides is 3. The summed E-state index contributed by atoms with van der Waals surface area (Å²) in [4.78, 5) is 31.7. The Balaban J connectivity index is 1.56. The summed E-state index contributed by atoms with van der Waals surface area (Å²) in [5.74, 6) is 0.504. The van der Waals surface area contributed by atoms with Gasteiger partial charge in [0, 0.05) is 20.1 Å². The van der Waals surface area contributed by atoms with Crippen LogP contribution in [-0.4, -0.2) is 66.4 Å². The standard InChI is InChI=1S/C22H30N4O2/c1-15(2)16-6-8-17(9-7-16)20-19-18(24(3)22(28)23-20)14-26(21(19)27)13-12-25-10-4-5-11-25/h6-9,15,20H,4-5,10-14H2,1-3H3,(H,23,28)/t20-/m1/s1. The number of carbonyl (C=O) groups excluding carboxylic acids is 2. The number of hydrogen-bond acceptors (Lipinski definition) is 3. The molecule has 0 aliphatic carbocycles. The summed E-state index contributed by atoms with van der Waals surface area (Å²) >= 11 is 0. The Kier molecular flexibility index (Phi) is 5.15. The van der Waals surface area contributed by atoms with E-state index in [1.165, 1.54) is 18.4 Å². The van der Waals surface area contributed by atoms with Crippen LogP contribution < -0.4 is 5.32 Å². The Labute approximate surface area is 167 Å². The Morgan fingerprint density at radius 2 is 1.75 bits per heavy atom. The highest BCUT2D eigenvalue weighted by molar-refractivity contribution is 6.01. The molecule has 0 unspecified atom stereocenters. The minimum atomic E-state index is -0.371. The zero-order chi connectivity index (χ0) is 19.8. The summed E-state index contributed by atoms with van der Waals surface area (Å²) in [6.07, 6.45) is 2.50. The first-order chi connectivity index (χ1) is 13.5. The number of benzene rings is 1. The molecule has 0 aromatic heterocycles. The lowest BCUT2D eigenvalue weighted by Crippen LogP contribution is -2.45. The van der Waals surface area contributed by atoms with Crippen LogP contribution in [0.4, 0.5) is 4.79 Å². The van der Waals surface area contributed by atoms with Crippen molar-refractivity contribution in [3.8, 4) is 0 Å². The highest BCUT2D eigenvalue weighted by Crippen LogP contribution is 2.36. The summed E-state index contributed by atoms with van der Waals surface area (Å²) in [5, 5.41) is 3.02. The van der Waals surface area contributed by atoms with Gasteiger partial charge in [-0.3, -0.25) is 9.69 Å². The fourth-order valence-electron chi connectivity index (χ4n) is 4.40. The quantitative estimate of drug-likeness (QED) is 0.852. The van der Waals surface area contributed by atoms with E-state index in [4.69, 9.17) is 0 Å². The van der Waals surface area contributed by atoms with Gasteiger partial charge in [-0.05, 0) is 43.0 Å². The smallest absolute Gasteiger partial charge is 0.322 e. The third kappa shape index (κ3) is 3.41. The molecule has 6 heteroatoms. The average molecular weight is 383 g/mol. The molecule has 6 nitrogen and oxygen atoms in total. The molecule has 3 aliphatic heterocycles. The van der Waals surface area contributed by atoms with Crippen LogP contribution in [-0.2, 0) is 4.79 Å². The lowest BCUT2D eigenvalue weighted by Gasteiger charge is -2.31. The van der Waals surface area contributed by atoms with E-state index in [0.29, 0.717) is 19.0 Å². The van der Waals surface area contributed by atoms with Crippen LogP contribution in [0.25, 0.3) is 0 Å². The Morgan fingerprint density at radius 1 is 1.07 bits per heavy atom. The Morgan fingerprint density at radius 3 is 2.39 bits per heavy atom. The number of likely N-dealkylation sites (tertiary alicyclic amines) is 1. The van der Waals surface area contributed by atoms with E-state index >= 15 is 0 Å². The molecule has 3 amide bonds. The third-order valence-corrected chi connectivity index (χ3v) is 6.26. The van der Waals surface area contributed by atoms with Crippen molar-refractivity contribution in [3.05, 3.63) is 46.7 Å². The third-order valence-electron chi connectivity index (χ3n) is 6.26. The highest BCUT2D eigenvalue weighted by atomic mass is 16.2. The van der Waals surface area contributed by atoms with Crippen molar-refractivity contribution in [2.24, 2.45) is 0 Å². The van der Waals surface area contributed by atoms with Gasteiger partial charge in [0.2, 0.25) is 0 Å². The first-order valence-electron chi connectivity index (χ1n) is 10.3. The molecule has 28 heavy (non-hydrogen) atoms. The van der Waals surface area contributed by atoms with Crippen molar-refractivity contribution in [2.45, 2.75) is 38.6 Å². The van der Waals surface area contributed by atoms with E-state index in [1.807, 2.05) is 17.0 Å². The monoisotopic (exact) mass is 382 g/mol. The molecule has 1 atom stereocenters. The summed E-state index contributed by atoms with van der Waals surface area (Å²) < 4.78 is 0. The number of rotatable bonds is 5. The van der Waals surface area contributed by atoms with Crippen LogP contribution in [0, 0.1) is 0 Å². The summed E-state index contributed by atoms with van der Waals surface area (Å²) in [6.45, 7) is 8.71. The van der Waals surface area contributed by atoms with Crippen LogP contribution >= 0.6 is 0 Å². The topological polar surface area (TPSA) is 55.9 Å². The van der Waals surface area contributed by atoms with Crippen LogP contribution in [0.1, 0.15) is 49.8 Å². The molecule has 1 saturated heterocycles. The zero-order valence-electron chi connectivity index (χ0n) is 17.1. The molecule has 0 saturated carbocycles. The van der Waals surface area contributed by atoms with E-state index in [2.05, 4.69) is 36.2 Å². The molecule has 1 fully saturated rings. The van der Waals surface area contributed by atoms with Gasteiger partial charge < -0.3 is 15.1 Å². The zero-order valence-corrected chi connectivity index (χ0v) is 17.1. The van der Waals surface area contributed by atoms with Crippen molar-refractivity contribution in [1.82, 2.24) is 20.0 Å². The number of carbonyl (C=O) groups is 2. The molecular formula is C22H30N4O2. The molecule has 150 valence electrons. The predicted molar refractivity (Wildman–Crippen MR) is 109 cm³/mol. The summed E-state index contributed by atoms with van der Waals surface area (Å²) in [5.41, 5.74) is 3.78. The Hall–Kier alpha value is -2.34. The van der Waals surface area contributed by atoms with E-state index in [-0.39, 0.29) is 18.0 Å². The van der Waals surface area contributed by atoms with Gasteiger partial charge >= 0.3 is 6.03 Å². The van der Waals surface area contributed by atoms with Gasteiger partial charge in [0.15, 0.2) is 0 Å². The molecule has 3 heterocycles. The van der Waals surface area contributed by atoms with Gasteiger partial charge in [-0.2, -0.15) is 0 Å². The van der Waals surface area contributed by atoms with Crippen LogP contribution in [0.3, 0.4) is 0 Å². The number of nitrogens with zero attached hydrogens (tertiary/aromatic N) is 3.